The van der Waals surface area contributed by atoms with Crippen LogP contribution in [0.1, 0.15) is 53.4 Å². The SMILES string of the molecule is CCCC(CNC(=O)OC(C)(C)C)NC1CCOCC1. The summed E-state index contributed by atoms with van der Waals surface area (Å²) >= 11 is 0. The molecule has 2 N–H and O–H groups in total. The van der Waals surface area contributed by atoms with Crippen LogP contribution in [0.3, 0.4) is 0 Å². The Balaban J connectivity index is 2.32. The number of carbonyl (C=O) groups is 1. The standard InChI is InChI=1S/C15H30N2O3/c1-5-6-13(17-12-7-9-19-10-8-12)11-16-14(18)20-15(2,3)4/h12-13,17H,5-11H2,1-4H3,(H,16,18). The summed E-state index contributed by atoms with van der Waals surface area (Å²) in [6.45, 7) is 10.0. The van der Waals surface area contributed by atoms with Crippen LogP contribution in [0.5, 0.6) is 0 Å². The first-order chi connectivity index (χ1) is 9.40. The lowest BCUT2D eigenvalue weighted by molar-refractivity contribution is 0.0511. The highest BCUT2D eigenvalue weighted by Crippen LogP contribution is 2.09. The van der Waals surface area contributed by atoms with Crippen LogP contribution in [0.2, 0.25) is 0 Å². The Morgan fingerprint density at radius 3 is 2.55 bits per heavy atom. The van der Waals surface area contributed by atoms with E-state index < -0.39 is 5.60 Å². The van der Waals surface area contributed by atoms with E-state index in [9.17, 15) is 4.79 Å². The highest BCUT2D eigenvalue weighted by Gasteiger charge is 2.20. The molecule has 5 nitrogen and oxygen atoms in total. The fourth-order valence-corrected chi connectivity index (χ4v) is 2.31. The van der Waals surface area contributed by atoms with Gasteiger partial charge in [-0.2, -0.15) is 0 Å². The molecule has 5 heteroatoms. The molecule has 1 saturated heterocycles. The molecule has 1 rings (SSSR count). The molecule has 1 unspecified atom stereocenters. The number of alkyl carbamates (subject to hydrolysis) is 1. The van der Waals surface area contributed by atoms with Crippen molar-refractivity contribution in [2.45, 2.75) is 71.1 Å². The van der Waals surface area contributed by atoms with E-state index in [1.54, 1.807) is 0 Å². The van der Waals surface area contributed by atoms with Gasteiger partial charge >= 0.3 is 6.09 Å². The maximum Gasteiger partial charge on any atom is 0.407 e. The molecule has 1 aliphatic rings. The largest absolute Gasteiger partial charge is 0.444 e. The van der Waals surface area contributed by atoms with Crippen molar-refractivity contribution in [3.05, 3.63) is 0 Å². The van der Waals surface area contributed by atoms with E-state index in [-0.39, 0.29) is 6.09 Å². The molecule has 0 spiro atoms. The zero-order valence-corrected chi connectivity index (χ0v) is 13.3. The minimum atomic E-state index is -0.446. The van der Waals surface area contributed by atoms with Gasteiger partial charge in [-0.15, -0.1) is 0 Å². The Morgan fingerprint density at radius 2 is 2.00 bits per heavy atom. The molecule has 1 fully saturated rings. The second-order valence-electron chi connectivity index (χ2n) is 6.42. The number of amides is 1. The molecule has 0 aromatic heterocycles. The van der Waals surface area contributed by atoms with Crippen molar-refractivity contribution in [3.63, 3.8) is 0 Å². The average Bonchev–Trinajstić information content (AvgIpc) is 2.35. The van der Waals surface area contributed by atoms with E-state index in [1.165, 1.54) is 0 Å². The van der Waals surface area contributed by atoms with E-state index in [0.717, 1.165) is 38.9 Å². The van der Waals surface area contributed by atoms with Gasteiger partial charge in [-0.05, 0) is 40.0 Å². The molecule has 1 aliphatic heterocycles. The van der Waals surface area contributed by atoms with Gasteiger partial charge in [0, 0.05) is 31.8 Å². The fraction of sp³-hybridized carbons (Fsp3) is 0.933. The summed E-state index contributed by atoms with van der Waals surface area (Å²) in [5.74, 6) is 0. The highest BCUT2D eigenvalue weighted by atomic mass is 16.6. The molecule has 0 radical (unpaired) electrons. The minimum Gasteiger partial charge on any atom is -0.444 e. The highest BCUT2D eigenvalue weighted by molar-refractivity contribution is 5.67. The number of rotatable bonds is 6. The normalized spacial score (nSPS) is 18.6. The first kappa shape index (κ1) is 17.2. The van der Waals surface area contributed by atoms with Gasteiger partial charge in [0.15, 0.2) is 0 Å². The fourth-order valence-electron chi connectivity index (χ4n) is 2.31. The van der Waals surface area contributed by atoms with Crippen LogP contribution in [-0.2, 0) is 9.47 Å². The van der Waals surface area contributed by atoms with E-state index in [4.69, 9.17) is 9.47 Å². The zero-order valence-electron chi connectivity index (χ0n) is 13.3. The lowest BCUT2D eigenvalue weighted by Crippen LogP contribution is -2.47. The average molecular weight is 286 g/mol. The summed E-state index contributed by atoms with van der Waals surface area (Å²) in [7, 11) is 0. The molecule has 0 aromatic carbocycles. The molecule has 0 bridgehead atoms. The Bertz CT molecular complexity index is 283. The maximum atomic E-state index is 11.7. The molecule has 1 amide bonds. The predicted octanol–water partition coefficient (Wildman–Crippen LogP) is 2.45. The minimum absolute atomic E-state index is 0.301. The van der Waals surface area contributed by atoms with Gasteiger partial charge in [0.2, 0.25) is 0 Å². The summed E-state index contributed by atoms with van der Waals surface area (Å²) in [4.78, 5) is 11.7. The van der Waals surface area contributed by atoms with Gasteiger partial charge in [-0.25, -0.2) is 4.79 Å². The molecule has 0 saturated carbocycles. The summed E-state index contributed by atoms with van der Waals surface area (Å²) in [6, 6.07) is 0.802. The van der Waals surface area contributed by atoms with Crippen LogP contribution < -0.4 is 10.6 Å². The molecule has 0 aliphatic carbocycles. The summed E-state index contributed by atoms with van der Waals surface area (Å²) in [6.07, 6.45) is 3.90. The van der Waals surface area contributed by atoms with Crippen molar-refractivity contribution >= 4 is 6.09 Å². The van der Waals surface area contributed by atoms with Crippen molar-refractivity contribution in [1.29, 1.82) is 0 Å². The second-order valence-corrected chi connectivity index (χ2v) is 6.42. The van der Waals surface area contributed by atoms with Crippen LogP contribution in [0.4, 0.5) is 4.79 Å². The third-order valence-electron chi connectivity index (χ3n) is 3.22. The molecule has 1 heterocycles. The van der Waals surface area contributed by atoms with E-state index in [0.29, 0.717) is 18.6 Å². The quantitative estimate of drug-likeness (QED) is 0.787. The molecule has 20 heavy (non-hydrogen) atoms. The van der Waals surface area contributed by atoms with Gasteiger partial charge in [0.1, 0.15) is 5.60 Å². The van der Waals surface area contributed by atoms with E-state index in [2.05, 4.69) is 17.6 Å². The maximum absolute atomic E-state index is 11.7. The predicted molar refractivity (Wildman–Crippen MR) is 79.9 cm³/mol. The van der Waals surface area contributed by atoms with Crippen LogP contribution in [-0.4, -0.2) is 43.5 Å². The zero-order chi connectivity index (χ0) is 15.0. The van der Waals surface area contributed by atoms with Crippen molar-refractivity contribution in [3.8, 4) is 0 Å². The molecule has 118 valence electrons. The lowest BCUT2D eigenvalue weighted by Gasteiger charge is -2.29. The molecule has 1 atom stereocenters. The molecular formula is C15H30N2O3. The number of nitrogens with one attached hydrogen (secondary N) is 2. The van der Waals surface area contributed by atoms with Gasteiger partial charge < -0.3 is 20.1 Å². The number of ether oxygens (including phenoxy) is 2. The summed E-state index contributed by atoms with van der Waals surface area (Å²) in [5, 5.41) is 6.48. The van der Waals surface area contributed by atoms with Crippen LogP contribution >= 0.6 is 0 Å². The monoisotopic (exact) mass is 286 g/mol. The molecular weight excluding hydrogens is 256 g/mol. The van der Waals surface area contributed by atoms with Crippen LogP contribution in [0.15, 0.2) is 0 Å². The van der Waals surface area contributed by atoms with Gasteiger partial charge in [0.25, 0.3) is 0 Å². The Morgan fingerprint density at radius 1 is 1.35 bits per heavy atom. The van der Waals surface area contributed by atoms with Crippen molar-refractivity contribution in [1.82, 2.24) is 10.6 Å². The summed E-state index contributed by atoms with van der Waals surface area (Å²) < 4.78 is 10.6. The third-order valence-corrected chi connectivity index (χ3v) is 3.22. The first-order valence-corrected chi connectivity index (χ1v) is 7.71. The van der Waals surface area contributed by atoms with Gasteiger partial charge in [-0.3, -0.25) is 0 Å². The van der Waals surface area contributed by atoms with Gasteiger partial charge in [-0.1, -0.05) is 13.3 Å². The van der Waals surface area contributed by atoms with Crippen molar-refractivity contribution in [2.24, 2.45) is 0 Å². The second kappa shape index (κ2) is 8.47. The smallest absolute Gasteiger partial charge is 0.407 e. The number of carbonyl (C=O) groups excluding carboxylic acids is 1. The Kier molecular flexibility index (Phi) is 7.30. The third kappa shape index (κ3) is 7.70. The first-order valence-electron chi connectivity index (χ1n) is 7.71. The Labute approximate surface area is 122 Å². The van der Waals surface area contributed by atoms with E-state index in [1.807, 2.05) is 20.8 Å². The number of hydrogen-bond donors (Lipinski definition) is 2. The number of hydrogen-bond acceptors (Lipinski definition) is 4. The van der Waals surface area contributed by atoms with Crippen LogP contribution in [0, 0.1) is 0 Å². The summed E-state index contributed by atoms with van der Waals surface area (Å²) in [5.41, 5.74) is -0.446. The van der Waals surface area contributed by atoms with Crippen molar-refractivity contribution < 1.29 is 14.3 Å². The van der Waals surface area contributed by atoms with E-state index >= 15 is 0 Å². The molecule has 0 aromatic rings. The van der Waals surface area contributed by atoms with Crippen molar-refractivity contribution in [2.75, 3.05) is 19.8 Å². The Hall–Kier alpha value is -0.810. The lowest BCUT2D eigenvalue weighted by atomic mass is 10.1. The van der Waals surface area contributed by atoms with Gasteiger partial charge in [0.05, 0.1) is 0 Å². The topological polar surface area (TPSA) is 59.6 Å². The van der Waals surface area contributed by atoms with Crippen LogP contribution in [0.25, 0.3) is 0 Å².